The number of sulfonamides is 2. The van der Waals surface area contributed by atoms with E-state index >= 15 is 0 Å². The van der Waals surface area contributed by atoms with Gasteiger partial charge >= 0.3 is 5.97 Å². The van der Waals surface area contributed by atoms with E-state index in [1.54, 1.807) is 0 Å². The van der Waals surface area contributed by atoms with Crippen LogP contribution in [0, 0.1) is 12.3 Å². The number of rotatable bonds is 8. The molecule has 0 saturated carbocycles. The highest BCUT2D eigenvalue weighted by molar-refractivity contribution is 7.89. The molecule has 0 unspecified atom stereocenters. The van der Waals surface area contributed by atoms with Crippen molar-refractivity contribution in [3.63, 3.8) is 0 Å². The summed E-state index contributed by atoms with van der Waals surface area (Å²) in [5.74, 6) is 1.47. The molecule has 1 N–H and O–H groups in total. The number of nitrogens with one attached hydrogen (secondary N) is 1. The maximum Gasteiger partial charge on any atom is 0.338 e. The number of terminal acetylenes is 1. The summed E-state index contributed by atoms with van der Waals surface area (Å²) in [6, 6.07) is 7.84. The van der Waals surface area contributed by atoms with Gasteiger partial charge in [-0.05, 0) is 30.3 Å². The second-order valence-electron chi connectivity index (χ2n) is 5.64. The third-order valence-corrected chi connectivity index (χ3v) is 6.55. The van der Waals surface area contributed by atoms with Crippen molar-refractivity contribution in [2.75, 3.05) is 20.6 Å². The van der Waals surface area contributed by atoms with Crippen LogP contribution in [0.4, 0.5) is 0 Å². The Bertz CT molecular complexity index is 1110. The predicted molar refractivity (Wildman–Crippen MR) is 99.2 cm³/mol. The van der Waals surface area contributed by atoms with Gasteiger partial charge in [0, 0.05) is 14.1 Å². The zero-order chi connectivity index (χ0) is 20.9. The normalized spacial score (nSPS) is 11.9. The lowest BCUT2D eigenvalue weighted by molar-refractivity contribution is 0.0440. The summed E-state index contributed by atoms with van der Waals surface area (Å²) in [5.41, 5.74) is -0.00345. The van der Waals surface area contributed by atoms with Crippen molar-refractivity contribution in [2.24, 2.45) is 0 Å². The number of ether oxygens (including phenoxy) is 1. The van der Waals surface area contributed by atoms with E-state index in [0.717, 1.165) is 10.4 Å². The van der Waals surface area contributed by atoms with Crippen molar-refractivity contribution in [2.45, 2.75) is 16.6 Å². The van der Waals surface area contributed by atoms with Crippen LogP contribution in [0.25, 0.3) is 0 Å². The lowest BCUT2D eigenvalue weighted by atomic mass is 10.2. The van der Waals surface area contributed by atoms with Crippen molar-refractivity contribution in [1.29, 1.82) is 0 Å². The molecule has 2 aromatic rings. The lowest BCUT2D eigenvalue weighted by Crippen LogP contribution is -2.24. The van der Waals surface area contributed by atoms with Crippen molar-refractivity contribution in [3.05, 3.63) is 47.7 Å². The molecular weight excluding hydrogens is 408 g/mol. The van der Waals surface area contributed by atoms with Crippen LogP contribution in [0.1, 0.15) is 16.1 Å². The number of benzene rings is 1. The van der Waals surface area contributed by atoms with E-state index in [9.17, 15) is 21.6 Å². The quantitative estimate of drug-likeness (QED) is 0.489. The molecule has 9 nitrogen and oxygen atoms in total. The molecule has 0 aliphatic carbocycles. The highest BCUT2D eigenvalue weighted by atomic mass is 32.2. The van der Waals surface area contributed by atoms with Gasteiger partial charge in [0.15, 0.2) is 0 Å². The maximum absolute atomic E-state index is 12.2. The second kappa shape index (κ2) is 8.57. The van der Waals surface area contributed by atoms with Gasteiger partial charge in [0.05, 0.1) is 17.0 Å². The molecule has 0 spiro atoms. The number of esters is 1. The molecule has 0 atom stereocenters. The molecule has 0 aliphatic rings. The molecule has 1 aromatic carbocycles. The monoisotopic (exact) mass is 426 g/mol. The Labute approximate surface area is 163 Å². The van der Waals surface area contributed by atoms with Gasteiger partial charge in [-0.1, -0.05) is 12.0 Å². The van der Waals surface area contributed by atoms with Crippen LogP contribution >= 0.6 is 0 Å². The minimum absolute atomic E-state index is 0.00345. The minimum atomic E-state index is -3.86. The Morgan fingerprint density at radius 2 is 1.93 bits per heavy atom. The number of carbonyl (C=O) groups excluding carboxylic acids is 1. The average Bonchev–Trinajstić information content (AvgIpc) is 3.14. The van der Waals surface area contributed by atoms with E-state index in [4.69, 9.17) is 15.6 Å². The van der Waals surface area contributed by atoms with Crippen molar-refractivity contribution in [1.82, 2.24) is 9.03 Å². The van der Waals surface area contributed by atoms with E-state index in [1.165, 1.54) is 44.4 Å². The Kier molecular flexibility index (Phi) is 6.63. The number of furan rings is 1. The fraction of sp³-hybridized carbons (Fsp3) is 0.235. The zero-order valence-corrected chi connectivity index (χ0v) is 16.7. The number of nitrogens with zero attached hydrogens (tertiary/aromatic N) is 1. The largest absolute Gasteiger partial charge is 0.454 e. The van der Waals surface area contributed by atoms with E-state index in [-0.39, 0.29) is 34.5 Å². The fourth-order valence-electron chi connectivity index (χ4n) is 1.98. The first kappa shape index (κ1) is 21.6. The highest BCUT2D eigenvalue weighted by Gasteiger charge is 2.22. The van der Waals surface area contributed by atoms with Gasteiger partial charge in [0.25, 0.3) is 10.0 Å². The number of hydrogen-bond donors (Lipinski definition) is 1. The number of hydrogen-bond acceptors (Lipinski definition) is 7. The van der Waals surface area contributed by atoms with Gasteiger partial charge in [-0.3, -0.25) is 0 Å². The first-order valence-electron chi connectivity index (χ1n) is 7.79. The zero-order valence-electron chi connectivity index (χ0n) is 15.1. The van der Waals surface area contributed by atoms with Crippen LogP contribution in [0.15, 0.2) is 50.8 Å². The Balaban J connectivity index is 2.10. The van der Waals surface area contributed by atoms with Crippen LogP contribution < -0.4 is 4.72 Å². The Hall–Kier alpha value is -2.65. The molecule has 0 fully saturated rings. The van der Waals surface area contributed by atoms with E-state index < -0.39 is 26.0 Å². The van der Waals surface area contributed by atoms with Crippen LogP contribution in [-0.2, 0) is 31.4 Å². The van der Waals surface area contributed by atoms with Gasteiger partial charge in [-0.15, -0.1) is 6.42 Å². The second-order valence-corrected chi connectivity index (χ2v) is 9.49. The molecule has 28 heavy (non-hydrogen) atoms. The SMILES string of the molecule is C#CCNS(=O)(=O)c1cccc(C(=O)OCc2ccc(S(=O)(=O)N(C)C)o2)c1. The first-order chi connectivity index (χ1) is 13.1. The highest BCUT2D eigenvalue weighted by Crippen LogP contribution is 2.18. The summed E-state index contributed by atoms with van der Waals surface area (Å²) < 4.78 is 61.5. The van der Waals surface area contributed by atoms with Crippen LogP contribution in [0.3, 0.4) is 0 Å². The summed E-state index contributed by atoms with van der Waals surface area (Å²) in [4.78, 5) is 12.0. The molecule has 1 aromatic heterocycles. The van der Waals surface area contributed by atoms with Crippen LogP contribution in [0.5, 0.6) is 0 Å². The average molecular weight is 426 g/mol. The van der Waals surface area contributed by atoms with Crippen molar-refractivity contribution >= 4 is 26.0 Å². The van der Waals surface area contributed by atoms with Crippen LogP contribution in [-0.4, -0.2) is 47.8 Å². The fourth-order valence-corrected chi connectivity index (χ4v) is 3.78. The van der Waals surface area contributed by atoms with E-state index in [1.807, 2.05) is 0 Å². The molecule has 0 radical (unpaired) electrons. The van der Waals surface area contributed by atoms with Gasteiger partial charge in [-0.25, -0.2) is 25.9 Å². The summed E-state index contributed by atoms with van der Waals surface area (Å²) in [6.07, 6.45) is 5.03. The van der Waals surface area contributed by atoms with E-state index in [2.05, 4.69) is 10.6 Å². The molecule has 1 heterocycles. The van der Waals surface area contributed by atoms with E-state index in [0.29, 0.717) is 0 Å². The van der Waals surface area contributed by atoms with Crippen molar-refractivity contribution < 1.29 is 30.8 Å². The Morgan fingerprint density at radius 3 is 2.57 bits per heavy atom. The standard InChI is InChI=1S/C17H18N2O7S2/c1-4-10-18-27(21,22)15-7-5-6-13(11-15)17(20)25-12-14-8-9-16(26-14)28(23,24)19(2)3/h1,5-9,11,18H,10,12H2,2-3H3. The summed E-state index contributed by atoms with van der Waals surface area (Å²) in [7, 11) is -4.88. The number of carbonyl (C=O) groups is 1. The van der Waals surface area contributed by atoms with Gasteiger partial charge in [0.2, 0.25) is 15.1 Å². The van der Waals surface area contributed by atoms with Gasteiger partial charge in [-0.2, -0.15) is 4.72 Å². The predicted octanol–water partition coefficient (Wildman–Crippen LogP) is 0.798. The van der Waals surface area contributed by atoms with Crippen LogP contribution in [0.2, 0.25) is 0 Å². The smallest absolute Gasteiger partial charge is 0.338 e. The molecule has 150 valence electrons. The summed E-state index contributed by atoms with van der Waals surface area (Å²) in [6.45, 7) is -0.512. The summed E-state index contributed by atoms with van der Waals surface area (Å²) in [5, 5.41) is -0.281. The molecule has 0 saturated heterocycles. The maximum atomic E-state index is 12.2. The molecular formula is C17H18N2O7S2. The first-order valence-corrected chi connectivity index (χ1v) is 10.7. The minimum Gasteiger partial charge on any atom is -0.454 e. The summed E-state index contributed by atoms with van der Waals surface area (Å²) >= 11 is 0. The van der Waals surface area contributed by atoms with Gasteiger partial charge in [0.1, 0.15) is 12.4 Å². The molecule has 2 rings (SSSR count). The molecule has 11 heteroatoms. The third kappa shape index (κ3) is 4.99. The Morgan fingerprint density at radius 1 is 1.21 bits per heavy atom. The molecule has 0 amide bonds. The molecule has 0 aliphatic heterocycles. The molecule has 0 bridgehead atoms. The lowest BCUT2D eigenvalue weighted by Gasteiger charge is -2.08. The van der Waals surface area contributed by atoms with Gasteiger partial charge < -0.3 is 9.15 Å². The topological polar surface area (TPSA) is 123 Å². The van der Waals surface area contributed by atoms with Crippen molar-refractivity contribution in [3.8, 4) is 12.3 Å². The third-order valence-electron chi connectivity index (χ3n) is 3.46.